The van der Waals surface area contributed by atoms with Gasteiger partial charge in [0.25, 0.3) is 0 Å². The molecule has 7 nitrogen and oxygen atoms in total. The van der Waals surface area contributed by atoms with E-state index in [-0.39, 0.29) is 30.2 Å². The smallest absolute Gasteiger partial charge is 0.244 e. The number of benzene rings is 1. The van der Waals surface area contributed by atoms with E-state index in [1.54, 1.807) is 31.5 Å². The second kappa shape index (κ2) is 6.29. The first-order valence-corrected chi connectivity index (χ1v) is 9.65. The Labute approximate surface area is 162 Å². The average molecular weight is 379 g/mol. The molecule has 144 valence electrons. The lowest BCUT2D eigenvalue weighted by Gasteiger charge is -2.19. The van der Waals surface area contributed by atoms with Crippen LogP contribution in [0.15, 0.2) is 30.5 Å². The molecule has 1 aromatic carbocycles. The van der Waals surface area contributed by atoms with Gasteiger partial charge < -0.3 is 10.1 Å². The Morgan fingerprint density at radius 2 is 1.89 bits per heavy atom. The zero-order valence-electron chi connectivity index (χ0n) is 15.6. The number of carbonyl (C=O) groups excluding carboxylic acids is 3. The molecule has 0 unspecified atom stereocenters. The summed E-state index contributed by atoms with van der Waals surface area (Å²) in [6.45, 7) is -0.246. The van der Waals surface area contributed by atoms with Gasteiger partial charge in [0.15, 0.2) is 0 Å². The third-order valence-electron chi connectivity index (χ3n) is 6.54. The van der Waals surface area contributed by atoms with Gasteiger partial charge in [0, 0.05) is 11.6 Å². The summed E-state index contributed by atoms with van der Waals surface area (Å²) in [4.78, 5) is 43.7. The van der Waals surface area contributed by atoms with E-state index < -0.39 is 5.91 Å². The van der Waals surface area contributed by atoms with E-state index in [4.69, 9.17) is 4.74 Å². The van der Waals surface area contributed by atoms with Gasteiger partial charge >= 0.3 is 0 Å². The van der Waals surface area contributed by atoms with Crippen molar-refractivity contribution in [2.75, 3.05) is 19.0 Å². The zero-order chi connectivity index (χ0) is 19.4. The standard InChI is InChI=1S/C21H21N3O4/c1-28-15-7-6-14(19-13(15)3-2-8-22-19)23-16(25)10-24-20(26)17-11-4-5-12(9-11)18(17)21(24)27/h2-3,6-8,11-12,17-18H,4-5,9-10H2,1H3,(H,23,25)/t11-,12+,17-,18+. The summed E-state index contributed by atoms with van der Waals surface area (Å²) >= 11 is 0. The number of methoxy groups -OCH3 is 1. The van der Waals surface area contributed by atoms with E-state index in [9.17, 15) is 14.4 Å². The van der Waals surface area contributed by atoms with Gasteiger partial charge in [0.05, 0.1) is 30.1 Å². The summed E-state index contributed by atoms with van der Waals surface area (Å²) < 4.78 is 5.34. The lowest BCUT2D eigenvalue weighted by molar-refractivity contribution is -0.143. The van der Waals surface area contributed by atoms with E-state index in [0.717, 1.165) is 29.5 Å². The van der Waals surface area contributed by atoms with Crippen LogP contribution in [-0.2, 0) is 14.4 Å². The number of carbonyl (C=O) groups is 3. The molecule has 0 spiro atoms. The highest BCUT2D eigenvalue weighted by Gasteiger charge is 2.60. The minimum Gasteiger partial charge on any atom is -0.496 e. The number of amides is 3. The number of pyridine rings is 1. The lowest BCUT2D eigenvalue weighted by Crippen LogP contribution is -2.39. The fraction of sp³-hybridized carbons (Fsp3) is 0.429. The van der Waals surface area contributed by atoms with Crippen LogP contribution in [0.4, 0.5) is 5.69 Å². The molecular weight excluding hydrogens is 358 g/mol. The first-order valence-electron chi connectivity index (χ1n) is 9.65. The van der Waals surface area contributed by atoms with Gasteiger partial charge in [0.2, 0.25) is 17.7 Å². The van der Waals surface area contributed by atoms with Gasteiger partial charge in [-0.05, 0) is 55.4 Å². The third kappa shape index (κ3) is 2.42. The SMILES string of the molecule is COc1ccc(NC(=O)CN2C(=O)[C@@H]3[C@@H]4CC[C@@H](C4)[C@@H]3C2=O)c2ncccc12. The number of rotatable bonds is 4. The second-order valence-electron chi connectivity index (χ2n) is 7.91. The highest BCUT2D eigenvalue weighted by molar-refractivity contribution is 6.10. The molecule has 28 heavy (non-hydrogen) atoms. The molecular formula is C21H21N3O4. The fourth-order valence-electron chi connectivity index (χ4n) is 5.39. The summed E-state index contributed by atoms with van der Waals surface area (Å²) in [5, 5.41) is 3.58. The molecule has 2 aliphatic carbocycles. The van der Waals surface area contributed by atoms with Crippen molar-refractivity contribution in [3.63, 3.8) is 0 Å². The highest BCUT2D eigenvalue weighted by atomic mass is 16.5. The molecule has 1 aliphatic heterocycles. The van der Waals surface area contributed by atoms with E-state index in [2.05, 4.69) is 10.3 Å². The van der Waals surface area contributed by atoms with Crippen LogP contribution in [0.1, 0.15) is 19.3 Å². The number of fused-ring (bicyclic) bond motifs is 6. The van der Waals surface area contributed by atoms with Crippen molar-refractivity contribution in [3.05, 3.63) is 30.5 Å². The maximum atomic E-state index is 12.8. The Hall–Kier alpha value is -2.96. The second-order valence-corrected chi connectivity index (χ2v) is 7.91. The summed E-state index contributed by atoms with van der Waals surface area (Å²) in [5.74, 6) is 0.138. The van der Waals surface area contributed by atoms with Crippen LogP contribution in [0.3, 0.4) is 0 Å². The molecule has 1 aromatic heterocycles. The number of imide groups is 1. The molecule has 2 bridgehead atoms. The summed E-state index contributed by atoms with van der Waals surface area (Å²) in [6.07, 6.45) is 4.67. The Balaban J connectivity index is 1.36. The van der Waals surface area contributed by atoms with Crippen LogP contribution >= 0.6 is 0 Å². The van der Waals surface area contributed by atoms with Crippen LogP contribution in [-0.4, -0.2) is 41.3 Å². The van der Waals surface area contributed by atoms with Crippen molar-refractivity contribution in [1.82, 2.24) is 9.88 Å². The Kier molecular flexibility index (Phi) is 3.86. The summed E-state index contributed by atoms with van der Waals surface area (Å²) in [6, 6.07) is 7.13. The Morgan fingerprint density at radius 3 is 2.57 bits per heavy atom. The molecule has 2 aromatic rings. The third-order valence-corrected chi connectivity index (χ3v) is 6.54. The first kappa shape index (κ1) is 17.2. The van der Waals surface area contributed by atoms with Crippen molar-refractivity contribution < 1.29 is 19.1 Å². The number of aromatic nitrogens is 1. The number of hydrogen-bond donors (Lipinski definition) is 1. The van der Waals surface area contributed by atoms with Gasteiger partial charge in [-0.3, -0.25) is 24.3 Å². The molecule has 5 rings (SSSR count). The van der Waals surface area contributed by atoms with Crippen molar-refractivity contribution in [1.29, 1.82) is 0 Å². The molecule has 2 heterocycles. The minimum absolute atomic E-state index is 0.171. The average Bonchev–Trinajstić information content (AvgIpc) is 3.38. The lowest BCUT2D eigenvalue weighted by atomic mass is 9.81. The van der Waals surface area contributed by atoms with Crippen molar-refractivity contribution in [2.45, 2.75) is 19.3 Å². The number of hydrogen-bond acceptors (Lipinski definition) is 5. The van der Waals surface area contributed by atoms with Crippen LogP contribution in [0.25, 0.3) is 10.9 Å². The number of nitrogens with zero attached hydrogens (tertiary/aromatic N) is 2. The van der Waals surface area contributed by atoms with Crippen molar-refractivity contribution in [3.8, 4) is 5.75 Å². The molecule has 3 aliphatic rings. The molecule has 7 heteroatoms. The number of anilines is 1. The molecule has 2 saturated carbocycles. The van der Waals surface area contributed by atoms with Gasteiger partial charge in [-0.15, -0.1) is 0 Å². The predicted octanol–water partition coefficient (Wildman–Crippen LogP) is 2.21. The summed E-state index contributed by atoms with van der Waals surface area (Å²) in [7, 11) is 1.58. The van der Waals surface area contributed by atoms with E-state index >= 15 is 0 Å². The zero-order valence-corrected chi connectivity index (χ0v) is 15.6. The predicted molar refractivity (Wildman–Crippen MR) is 101 cm³/mol. The Morgan fingerprint density at radius 1 is 1.18 bits per heavy atom. The maximum Gasteiger partial charge on any atom is 0.244 e. The van der Waals surface area contributed by atoms with Crippen molar-refractivity contribution >= 4 is 34.3 Å². The first-order chi connectivity index (χ1) is 13.6. The van der Waals surface area contributed by atoms with E-state index in [0.29, 0.717) is 28.8 Å². The summed E-state index contributed by atoms with van der Waals surface area (Å²) in [5.41, 5.74) is 1.13. The molecule has 1 saturated heterocycles. The molecule has 1 N–H and O–H groups in total. The number of nitrogens with one attached hydrogen (secondary N) is 1. The maximum absolute atomic E-state index is 12.8. The van der Waals surface area contributed by atoms with E-state index in [1.165, 1.54) is 0 Å². The van der Waals surface area contributed by atoms with Crippen LogP contribution in [0.2, 0.25) is 0 Å². The van der Waals surface area contributed by atoms with Gasteiger partial charge in [-0.25, -0.2) is 0 Å². The Bertz CT molecular complexity index is 976. The highest BCUT2D eigenvalue weighted by Crippen LogP contribution is 2.56. The normalized spacial score (nSPS) is 28.1. The van der Waals surface area contributed by atoms with Crippen LogP contribution in [0.5, 0.6) is 5.75 Å². The molecule has 3 fully saturated rings. The molecule has 0 radical (unpaired) electrons. The van der Waals surface area contributed by atoms with Crippen molar-refractivity contribution in [2.24, 2.45) is 23.7 Å². The van der Waals surface area contributed by atoms with Gasteiger partial charge in [-0.1, -0.05) is 0 Å². The number of likely N-dealkylation sites (tertiary alicyclic amines) is 1. The number of ether oxygens (including phenoxy) is 1. The topological polar surface area (TPSA) is 88.6 Å². The molecule has 4 atom stereocenters. The fourth-order valence-corrected chi connectivity index (χ4v) is 5.39. The molecule has 3 amide bonds. The van der Waals surface area contributed by atoms with Gasteiger partial charge in [-0.2, -0.15) is 0 Å². The minimum atomic E-state index is -0.397. The quantitative estimate of drug-likeness (QED) is 0.823. The van der Waals surface area contributed by atoms with Gasteiger partial charge in [0.1, 0.15) is 12.3 Å². The van der Waals surface area contributed by atoms with Crippen LogP contribution in [0, 0.1) is 23.7 Å². The van der Waals surface area contributed by atoms with E-state index in [1.807, 2.05) is 6.07 Å². The monoisotopic (exact) mass is 379 g/mol. The van der Waals surface area contributed by atoms with Crippen LogP contribution < -0.4 is 10.1 Å². The largest absolute Gasteiger partial charge is 0.496 e.